The van der Waals surface area contributed by atoms with Gasteiger partial charge in [-0.1, -0.05) is 42.5 Å². The zero-order valence-electron chi connectivity index (χ0n) is 47.4. The number of phenolic OH excluding ortho intramolecular Hbond substituents is 1. The van der Waals surface area contributed by atoms with E-state index in [1.165, 1.54) is 30.3 Å². The highest BCUT2D eigenvalue weighted by molar-refractivity contribution is 5.97. The van der Waals surface area contributed by atoms with Gasteiger partial charge in [0.25, 0.3) is 11.8 Å². The molecule has 5 aromatic carbocycles. The van der Waals surface area contributed by atoms with Crippen LogP contribution in [0.5, 0.6) is 11.5 Å². The topological polar surface area (TPSA) is 172 Å². The number of amides is 2. The number of aromatic nitrogens is 6. The number of hydrogen-bond acceptors (Lipinski definition) is 10. The number of aryl methyl sites for hydroxylation is 2. The van der Waals surface area contributed by atoms with Gasteiger partial charge in [0.05, 0.1) is 59.4 Å². The Balaban J connectivity index is 0.000000172. The molecular formula is C65H60F8N10O4. The van der Waals surface area contributed by atoms with Gasteiger partial charge in [-0.3, -0.25) is 9.59 Å². The largest absolute Gasteiger partial charge is 0.508 e. The van der Waals surface area contributed by atoms with Crippen LogP contribution in [0.2, 0.25) is 0 Å². The molecule has 5 N–H and O–H groups in total. The second-order valence-corrected chi connectivity index (χ2v) is 23.0. The third-order valence-electron chi connectivity index (χ3n) is 16.4. The highest BCUT2D eigenvalue weighted by Crippen LogP contribution is 2.57. The monoisotopic (exact) mass is 1200 g/mol. The number of nitrogens with one attached hydrogen (secondary N) is 4. The van der Waals surface area contributed by atoms with E-state index < -0.39 is 47.7 Å². The van der Waals surface area contributed by atoms with Crippen molar-refractivity contribution in [2.24, 2.45) is 0 Å². The molecule has 4 aromatic heterocycles. The van der Waals surface area contributed by atoms with Crippen molar-refractivity contribution in [3.8, 4) is 34.0 Å². The van der Waals surface area contributed by atoms with E-state index in [4.69, 9.17) is 14.9 Å². The summed E-state index contributed by atoms with van der Waals surface area (Å²) in [5, 5.41) is 32.2. The van der Waals surface area contributed by atoms with E-state index in [1.54, 1.807) is 57.8 Å². The molecule has 4 saturated carbocycles. The molecule has 0 bridgehead atoms. The summed E-state index contributed by atoms with van der Waals surface area (Å²) in [6, 6.07) is 32.4. The average molecular weight is 1200 g/mol. The smallest absolute Gasteiger partial charge is 0.390 e. The predicted molar refractivity (Wildman–Crippen MR) is 311 cm³/mol. The SMILES string of the molecule is Cc1cc(-c2cnc3c(NCCC(F)(F)F)cc(C4(c5cc(F)ccc5O)CC4)nn23)ccc1C(=O)NC1CC1.Cc1cc(-c2cnc3c(NCCC(F)(F)F)cc(C4(c5cc(F)ccc5OCc5ccccc5)CC4)nn23)ccc1C(=O)NC1CC1. The summed E-state index contributed by atoms with van der Waals surface area (Å²) in [7, 11) is 0. The molecule has 4 aliphatic carbocycles. The fourth-order valence-corrected chi connectivity index (χ4v) is 11.1. The highest BCUT2D eigenvalue weighted by atomic mass is 19.4. The number of rotatable bonds is 19. The fraction of sp³-hybridized carbons (Fsp3) is 0.323. The minimum Gasteiger partial charge on any atom is -0.508 e. The minimum absolute atomic E-state index is 0.0751. The molecule has 0 spiro atoms. The Morgan fingerprint density at radius 2 is 1.06 bits per heavy atom. The maximum atomic E-state index is 14.8. The van der Waals surface area contributed by atoms with Crippen molar-refractivity contribution in [3.63, 3.8) is 0 Å². The molecule has 87 heavy (non-hydrogen) atoms. The van der Waals surface area contributed by atoms with Crippen LogP contribution in [0.25, 0.3) is 33.8 Å². The Hall–Kier alpha value is -9.08. The summed E-state index contributed by atoms with van der Waals surface area (Å²) in [5.41, 5.74) is 8.22. The quantitative estimate of drug-likeness (QED) is 0.0491. The van der Waals surface area contributed by atoms with Crippen LogP contribution in [-0.4, -0.2) is 83.6 Å². The maximum Gasteiger partial charge on any atom is 0.390 e. The molecule has 0 radical (unpaired) electrons. The van der Waals surface area contributed by atoms with Crippen LogP contribution >= 0.6 is 0 Å². The van der Waals surface area contributed by atoms with E-state index in [9.17, 15) is 49.8 Å². The van der Waals surface area contributed by atoms with Crippen LogP contribution in [-0.2, 0) is 17.4 Å². The van der Waals surface area contributed by atoms with Crippen LogP contribution in [0.3, 0.4) is 0 Å². The molecule has 0 aliphatic heterocycles. The Bertz CT molecular complexity index is 4090. The number of halogens is 8. The molecule has 4 aliphatic rings. The second-order valence-electron chi connectivity index (χ2n) is 23.0. The first-order valence-corrected chi connectivity index (χ1v) is 28.8. The summed E-state index contributed by atoms with van der Waals surface area (Å²) in [4.78, 5) is 34.4. The Morgan fingerprint density at radius 3 is 1.51 bits per heavy atom. The number of carbonyl (C=O) groups excluding carboxylic acids is 2. The first-order chi connectivity index (χ1) is 41.6. The Kier molecular flexibility index (Phi) is 15.4. The van der Waals surface area contributed by atoms with Crippen molar-refractivity contribution in [1.29, 1.82) is 0 Å². The normalized spacial score (nSPS) is 15.8. The standard InChI is InChI=1S/C36H33F4N5O2.C29H27F4N5O2/c1-22-17-24(7-11-27(22)34(46)43-26-9-10-26)30-20-42-33-29(41-16-15-36(38,39)40)19-32(44-45(30)33)35(13-14-35)28-18-25(37)8-12-31(28)47-21-23-5-3-2-4-6-23;1-16-12-17(2-6-20(16)27(40)36-19-4-5-19)23-15-35-26-22(34-11-10-29(31,32)33)14-25(37-38(23)26)28(8-9-28)21-13-18(30)3-7-24(21)39/h2-8,11-12,17-20,26,41H,9-10,13-16,21H2,1H3,(H,43,46);2-3,6-7,12-15,19,34,39H,4-5,8-11H2,1H3,(H,36,40). The fourth-order valence-electron chi connectivity index (χ4n) is 11.1. The molecule has 0 unspecified atom stereocenters. The van der Waals surface area contributed by atoms with Gasteiger partial charge in [-0.05, 0) is 155 Å². The molecule has 0 saturated heterocycles. The van der Waals surface area contributed by atoms with Crippen molar-refractivity contribution < 1.29 is 54.6 Å². The third kappa shape index (κ3) is 12.8. The number of nitrogens with zero attached hydrogens (tertiary/aromatic N) is 6. The zero-order valence-corrected chi connectivity index (χ0v) is 47.4. The molecule has 4 fully saturated rings. The minimum atomic E-state index is -4.34. The third-order valence-corrected chi connectivity index (χ3v) is 16.4. The Morgan fingerprint density at radius 1 is 0.598 bits per heavy atom. The molecule has 0 atom stereocenters. The van der Waals surface area contributed by atoms with Gasteiger partial charge in [0, 0.05) is 69.4 Å². The van der Waals surface area contributed by atoms with Gasteiger partial charge in [-0.2, -0.15) is 36.5 Å². The van der Waals surface area contributed by atoms with E-state index in [-0.39, 0.29) is 49.3 Å². The molecular weight excluding hydrogens is 1140 g/mol. The number of hydrogen-bond donors (Lipinski definition) is 5. The molecule has 450 valence electrons. The van der Waals surface area contributed by atoms with Gasteiger partial charge in [0.1, 0.15) is 29.7 Å². The molecule has 13 rings (SSSR count). The van der Waals surface area contributed by atoms with Gasteiger partial charge in [0.2, 0.25) is 0 Å². The van der Waals surface area contributed by atoms with E-state index in [2.05, 4.69) is 31.2 Å². The van der Waals surface area contributed by atoms with Gasteiger partial charge < -0.3 is 31.1 Å². The van der Waals surface area contributed by atoms with Crippen molar-refractivity contribution >= 4 is 34.5 Å². The molecule has 14 nitrogen and oxygen atoms in total. The van der Waals surface area contributed by atoms with Crippen LogP contribution < -0.4 is 26.0 Å². The molecule has 4 heterocycles. The van der Waals surface area contributed by atoms with Gasteiger partial charge in [0.15, 0.2) is 11.3 Å². The van der Waals surface area contributed by atoms with Crippen LogP contribution in [0.4, 0.5) is 46.5 Å². The number of ether oxygens (including phenoxy) is 1. The van der Waals surface area contributed by atoms with Gasteiger partial charge in [-0.15, -0.1) is 0 Å². The Labute approximate surface area is 494 Å². The average Bonchev–Trinajstić information content (AvgIpc) is 1.72. The highest BCUT2D eigenvalue weighted by Gasteiger charge is 2.51. The number of imidazole rings is 2. The maximum absolute atomic E-state index is 14.8. The predicted octanol–water partition coefficient (Wildman–Crippen LogP) is 13.6. The lowest BCUT2D eigenvalue weighted by Crippen LogP contribution is -2.26. The lowest BCUT2D eigenvalue weighted by molar-refractivity contribution is -0.132. The van der Waals surface area contributed by atoms with Crippen LogP contribution in [0.15, 0.2) is 128 Å². The summed E-state index contributed by atoms with van der Waals surface area (Å²) >= 11 is 0. The van der Waals surface area contributed by atoms with Crippen LogP contribution in [0.1, 0.15) is 124 Å². The van der Waals surface area contributed by atoms with Crippen molar-refractivity contribution in [2.45, 2.75) is 120 Å². The summed E-state index contributed by atoms with van der Waals surface area (Å²) in [5.74, 6) is -0.744. The zero-order chi connectivity index (χ0) is 61.0. The lowest BCUT2D eigenvalue weighted by atomic mass is 9.91. The van der Waals surface area contributed by atoms with Crippen molar-refractivity contribution in [2.75, 3.05) is 23.7 Å². The summed E-state index contributed by atoms with van der Waals surface area (Å²) in [6.45, 7) is 3.26. The summed E-state index contributed by atoms with van der Waals surface area (Å²) in [6.07, 6.45) is -1.16. The summed E-state index contributed by atoms with van der Waals surface area (Å²) < 4.78 is 116. The van der Waals surface area contributed by atoms with Gasteiger partial charge >= 0.3 is 12.4 Å². The van der Waals surface area contributed by atoms with E-state index in [1.807, 2.05) is 62.4 Å². The van der Waals surface area contributed by atoms with E-state index in [0.717, 1.165) is 53.5 Å². The van der Waals surface area contributed by atoms with Crippen molar-refractivity contribution in [3.05, 3.63) is 190 Å². The first kappa shape index (κ1) is 58.3. The second kappa shape index (κ2) is 23.0. The number of alkyl halides is 6. The van der Waals surface area contributed by atoms with Gasteiger partial charge in [-0.25, -0.2) is 27.8 Å². The number of anilines is 2. The molecule has 9 aromatic rings. The van der Waals surface area contributed by atoms with E-state index in [0.29, 0.717) is 99.1 Å². The number of carbonyl (C=O) groups is 2. The lowest BCUT2D eigenvalue weighted by Gasteiger charge is -2.21. The first-order valence-electron chi connectivity index (χ1n) is 28.8. The van der Waals surface area contributed by atoms with Crippen LogP contribution in [0, 0.1) is 25.5 Å². The number of fused-ring (bicyclic) bond motifs is 2. The van der Waals surface area contributed by atoms with E-state index >= 15 is 0 Å². The number of benzene rings is 5. The van der Waals surface area contributed by atoms with Crippen molar-refractivity contribution in [1.82, 2.24) is 39.8 Å². The molecule has 22 heteroatoms. The number of phenols is 1. The molecule has 2 amide bonds. The number of aromatic hydroxyl groups is 1.